The van der Waals surface area contributed by atoms with Crippen LogP contribution in [0.3, 0.4) is 0 Å². The Bertz CT molecular complexity index is 1120. The quantitative estimate of drug-likeness (QED) is 0.636. The Labute approximate surface area is 176 Å². The van der Waals surface area contributed by atoms with Crippen LogP contribution in [-0.4, -0.2) is 51.2 Å². The van der Waals surface area contributed by atoms with Crippen molar-refractivity contribution in [3.05, 3.63) is 63.5 Å². The molecule has 0 atom stereocenters. The number of rotatable bonds is 6. The van der Waals surface area contributed by atoms with Crippen LogP contribution in [0, 0.1) is 6.92 Å². The molecule has 1 saturated heterocycles. The molecular weight excluding hydrogens is 378 g/mol. The largest absolute Gasteiger partial charge is 0.368 e. The second-order valence-corrected chi connectivity index (χ2v) is 7.90. The standard InChI is InChI=1S/C23H29N5O2/c1-4-17-15-28-9-8-18(22(28)25-23(17)30)14-26-10-12-27(13-11-26)20-7-6-19(21(29)5-2)24-16(20)3/h6-9,15H,4-5,10-14H2,1-3H3,(H,25,30). The van der Waals surface area contributed by atoms with Gasteiger partial charge in [-0.2, -0.15) is 0 Å². The van der Waals surface area contributed by atoms with Crippen molar-refractivity contribution in [2.24, 2.45) is 0 Å². The van der Waals surface area contributed by atoms with Crippen LogP contribution in [0.25, 0.3) is 5.65 Å². The first-order chi connectivity index (χ1) is 14.5. The average molecular weight is 408 g/mol. The monoisotopic (exact) mass is 407 g/mol. The van der Waals surface area contributed by atoms with Crippen molar-refractivity contribution >= 4 is 17.1 Å². The van der Waals surface area contributed by atoms with Gasteiger partial charge in [-0.3, -0.25) is 14.5 Å². The van der Waals surface area contributed by atoms with E-state index in [4.69, 9.17) is 0 Å². The number of nitrogens with one attached hydrogen (secondary N) is 1. The third kappa shape index (κ3) is 3.89. The topological polar surface area (TPSA) is 73.7 Å². The van der Waals surface area contributed by atoms with Crippen LogP contribution in [0.5, 0.6) is 0 Å². The molecule has 1 aliphatic heterocycles. The molecule has 0 saturated carbocycles. The van der Waals surface area contributed by atoms with E-state index in [1.807, 2.05) is 49.7 Å². The second kappa shape index (κ2) is 8.44. The summed E-state index contributed by atoms with van der Waals surface area (Å²) in [6.45, 7) is 10.3. The molecule has 3 aromatic rings. The van der Waals surface area contributed by atoms with Crippen LogP contribution in [0.1, 0.15) is 47.6 Å². The summed E-state index contributed by atoms with van der Waals surface area (Å²) in [6, 6.07) is 5.96. The van der Waals surface area contributed by atoms with E-state index in [1.165, 1.54) is 0 Å². The van der Waals surface area contributed by atoms with E-state index in [2.05, 4.69) is 25.8 Å². The molecule has 4 rings (SSSR count). The minimum absolute atomic E-state index is 0.00254. The highest BCUT2D eigenvalue weighted by Crippen LogP contribution is 2.22. The number of fused-ring (bicyclic) bond motifs is 1. The number of anilines is 1. The smallest absolute Gasteiger partial charge is 0.254 e. The van der Waals surface area contributed by atoms with E-state index in [0.717, 1.165) is 67.3 Å². The highest BCUT2D eigenvalue weighted by molar-refractivity contribution is 5.94. The fourth-order valence-corrected chi connectivity index (χ4v) is 4.15. The molecule has 0 unspecified atom stereocenters. The zero-order chi connectivity index (χ0) is 21.3. The summed E-state index contributed by atoms with van der Waals surface area (Å²) < 4.78 is 2.01. The van der Waals surface area contributed by atoms with Crippen LogP contribution in [0.4, 0.5) is 5.69 Å². The number of Topliss-reactive ketones (excluding diaryl/α,β-unsaturated/α-hetero) is 1. The lowest BCUT2D eigenvalue weighted by Gasteiger charge is -2.36. The summed E-state index contributed by atoms with van der Waals surface area (Å²) in [5.74, 6) is 0.0818. The van der Waals surface area contributed by atoms with Crippen LogP contribution in [0.15, 0.2) is 35.4 Å². The molecule has 7 nitrogen and oxygen atoms in total. The van der Waals surface area contributed by atoms with Gasteiger partial charge in [0.05, 0.1) is 11.4 Å². The number of aromatic nitrogens is 3. The van der Waals surface area contributed by atoms with E-state index in [9.17, 15) is 9.59 Å². The summed E-state index contributed by atoms with van der Waals surface area (Å²) in [4.78, 5) is 36.4. The molecule has 7 heteroatoms. The molecule has 1 N–H and O–H groups in total. The van der Waals surface area contributed by atoms with Gasteiger partial charge in [-0.1, -0.05) is 13.8 Å². The molecule has 0 amide bonds. The van der Waals surface area contributed by atoms with Gasteiger partial charge in [0.1, 0.15) is 11.3 Å². The third-order valence-corrected chi connectivity index (χ3v) is 5.97. The van der Waals surface area contributed by atoms with Crippen molar-refractivity contribution in [3.8, 4) is 0 Å². The van der Waals surface area contributed by atoms with Gasteiger partial charge in [-0.05, 0) is 31.5 Å². The van der Waals surface area contributed by atoms with Crippen LogP contribution in [0.2, 0.25) is 0 Å². The maximum atomic E-state index is 12.2. The number of carbonyl (C=O) groups is 1. The van der Waals surface area contributed by atoms with Gasteiger partial charge in [-0.25, -0.2) is 4.98 Å². The van der Waals surface area contributed by atoms with E-state index in [0.29, 0.717) is 12.1 Å². The Morgan fingerprint density at radius 2 is 1.87 bits per heavy atom. The fraction of sp³-hybridized carbons (Fsp3) is 0.435. The summed E-state index contributed by atoms with van der Waals surface area (Å²) in [6.07, 6.45) is 5.15. The van der Waals surface area contributed by atoms with Gasteiger partial charge in [0, 0.05) is 62.7 Å². The highest BCUT2D eigenvalue weighted by atomic mass is 16.1. The predicted molar refractivity (Wildman–Crippen MR) is 118 cm³/mol. The minimum Gasteiger partial charge on any atom is -0.368 e. The molecule has 158 valence electrons. The number of nitrogens with zero attached hydrogens (tertiary/aromatic N) is 4. The summed E-state index contributed by atoms with van der Waals surface area (Å²) >= 11 is 0. The van der Waals surface area contributed by atoms with Crippen molar-refractivity contribution in [3.63, 3.8) is 0 Å². The summed E-state index contributed by atoms with van der Waals surface area (Å²) in [5, 5.41) is 0. The number of hydrogen-bond donors (Lipinski definition) is 1. The summed E-state index contributed by atoms with van der Waals surface area (Å²) in [5.41, 5.74) is 5.40. The first-order valence-corrected chi connectivity index (χ1v) is 10.7. The number of carbonyl (C=O) groups excluding carboxylic acids is 1. The maximum Gasteiger partial charge on any atom is 0.254 e. The number of H-pyrrole nitrogens is 1. The van der Waals surface area contributed by atoms with Gasteiger partial charge in [0.2, 0.25) is 0 Å². The number of aromatic amines is 1. The number of piperazine rings is 1. The van der Waals surface area contributed by atoms with Crippen LogP contribution in [-0.2, 0) is 13.0 Å². The lowest BCUT2D eigenvalue weighted by Crippen LogP contribution is -2.46. The zero-order valence-electron chi connectivity index (χ0n) is 17.9. The Hall–Kier alpha value is -2.93. The van der Waals surface area contributed by atoms with Crippen molar-refractivity contribution < 1.29 is 4.79 Å². The van der Waals surface area contributed by atoms with E-state index < -0.39 is 0 Å². The Balaban J connectivity index is 1.43. The summed E-state index contributed by atoms with van der Waals surface area (Å²) in [7, 11) is 0. The average Bonchev–Trinajstić information content (AvgIpc) is 3.14. The van der Waals surface area contributed by atoms with Crippen molar-refractivity contribution in [1.29, 1.82) is 0 Å². The Morgan fingerprint density at radius 1 is 1.10 bits per heavy atom. The lowest BCUT2D eigenvalue weighted by molar-refractivity contribution is 0.0983. The van der Waals surface area contributed by atoms with Gasteiger partial charge in [0.15, 0.2) is 5.78 Å². The predicted octanol–water partition coefficient (Wildman–Crippen LogP) is 2.81. The molecule has 30 heavy (non-hydrogen) atoms. The molecule has 1 fully saturated rings. The van der Waals surface area contributed by atoms with E-state index in [1.54, 1.807) is 0 Å². The lowest BCUT2D eigenvalue weighted by atomic mass is 10.1. The maximum absolute atomic E-state index is 12.2. The van der Waals surface area contributed by atoms with Gasteiger partial charge in [0.25, 0.3) is 5.56 Å². The fourth-order valence-electron chi connectivity index (χ4n) is 4.15. The Kier molecular flexibility index (Phi) is 5.72. The Morgan fingerprint density at radius 3 is 2.53 bits per heavy atom. The normalized spacial score (nSPS) is 15.1. The molecular formula is C23H29N5O2. The molecule has 1 aliphatic rings. The minimum atomic E-state index is 0.00254. The van der Waals surface area contributed by atoms with E-state index in [-0.39, 0.29) is 11.3 Å². The number of hydrogen-bond acceptors (Lipinski definition) is 5. The van der Waals surface area contributed by atoms with Gasteiger partial charge >= 0.3 is 0 Å². The molecule has 3 aromatic heterocycles. The third-order valence-electron chi connectivity index (χ3n) is 5.97. The van der Waals surface area contributed by atoms with Gasteiger partial charge < -0.3 is 14.3 Å². The molecule has 0 aliphatic carbocycles. The first kappa shape index (κ1) is 20.3. The van der Waals surface area contributed by atoms with Crippen LogP contribution < -0.4 is 10.5 Å². The van der Waals surface area contributed by atoms with Crippen molar-refractivity contribution in [2.45, 2.75) is 40.2 Å². The number of ketones is 1. The molecule has 0 radical (unpaired) electrons. The molecule has 4 heterocycles. The number of aryl methyl sites for hydroxylation is 2. The molecule has 0 aromatic carbocycles. The second-order valence-electron chi connectivity index (χ2n) is 7.90. The SMILES string of the molecule is CCC(=O)c1ccc(N2CCN(Cc3ccn4cc(CC)c(=O)[nH]c34)CC2)c(C)n1. The first-order valence-electron chi connectivity index (χ1n) is 10.7. The van der Waals surface area contributed by atoms with Crippen LogP contribution >= 0.6 is 0 Å². The number of pyridine rings is 1. The molecule has 0 bridgehead atoms. The van der Waals surface area contributed by atoms with Gasteiger partial charge in [-0.15, -0.1) is 0 Å². The van der Waals surface area contributed by atoms with Crippen molar-refractivity contribution in [1.82, 2.24) is 19.3 Å². The van der Waals surface area contributed by atoms with Crippen molar-refractivity contribution in [2.75, 3.05) is 31.1 Å². The van der Waals surface area contributed by atoms with E-state index >= 15 is 0 Å². The highest BCUT2D eigenvalue weighted by Gasteiger charge is 2.21. The molecule has 0 spiro atoms. The zero-order valence-corrected chi connectivity index (χ0v) is 17.9.